The van der Waals surface area contributed by atoms with E-state index in [1.165, 1.54) is 17.5 Å². The van der Waals surface area contributed by atoms with Crippen LogP contribution in [0.5, 0.6) is 0 Å². The second-order valence-corrected chi connectivity index (χ2v) is 6.19. The zero-order chi connectivity index (χ0) is 14.1. The number of rotatable bonds is 3. The Bertz CT molecular complexity index is 632. The van der Waals surface area contributed by atoms with Crippen molar-refractivity contribution in [2.75, 3.05) is 5.32 Å². The predicted molar refractivity (Wildman–Crippen MR) is 81.0 cm³/mol. The zero-order valence-electron chi connectivity index (χ0n) is 11.0. The lowest BCUT2D eigenvalue weighted by Gasteiger charge is -2.27. The molecule has 0 unspecified atom stereocenters. The van der Waals surface area contributed by atoms with Crippen molar-refractivity contribution >= 4 is 32.9 Å². The summed E-state index contributed by atoms with van der Waals surface area (Å²) >= 11 is 1.49. The second-order valence-electron chi connectivity index (χ2n) is 5.27. The summed E-state index contributed by atoms with van der Waals surface area (Å²) in [5.41, 5.74) is 1.51. The van der Waals surface area contributed by atoms with Gasteiger partial charge in [0.1, 0.15) is 11.9 Å². The monoisotopic (exact) mass is 290 g/mol. The molecule has 0 saturated heterocycles. The molecule has 2 heterocycles. The van der Waals surface area contributed by atoms with Crippen molar-refractivity contribution in [3.05, 3.63) is 34.7 Å². The maximum Gasteiger partial charge on any atom is 0.311 e. The summed E-state index contributed by atoms with van der Waals surface area (Å²) in [4.78, 5) is 15.0. The van der Waals surface area contributed by atoms with E-state index in [1.807, 2.05) is 11.4 Å². The predicted octanol–water partition coefficient (Wildman–Crippen LogP) is 4.01. The maximum atomic E-state index is 11.2. The number of pyridine rings is 1. The lowest BCUT2D eigenvalue weighted by atomic mass is 9.87. The van der Waals surface area contributed by atoms with Crippen LogP contribution in [-0.2, 0) is 0 Å². The first-order valence-electron chi connectivity index (χ1n) is 6.75. The first-order valence-corrected chi connectivity index (χ1v) is 7.63. The molecule has 1 aliphatic carbocycles. The highest BCUT2D eigenvalue weighted by Gasteiger charge is 2.24. The summed E-state index contributed by atoms with van der Waals surface area (Å²) in [6.07, 6.45) is 5.53. The molecule has 0 amide bonds. The van der Waals surface area contributed by atoms with Gasteiger partial charge in [-0.3, -0.25) is 10.1 Å². The van der Waals surface area contributed by atoms with Crippen LogP contribution in [0.15, 0.2) is 17.6 Å². The van der Waals surface area contributed by atoms with Gasteiger partial charge in [-0.15, -0.1) is 11.3 Å². The van der Waals surface area contributed by atoms with E-state index in [4.69, 9.17) is 0 Å². The topological polar surface area (TPSA) is 68.1 Å². The first kappa shape index (κ1) is 13.3. The molecule has 1 radical (unpaired) electrons. The molecule has 2 aromatic rings. The summed E-state index contributed by atoms with van der Waals surface area (Å²) in [6.45, 7) is 4.08. The number of nitrogens with one attached hydrogen (secondary N) is 1. The lowest BCUT2D eigenvalue weighted by molar-refractivity contribution is -0.384. The third-order valence-corrected chi connectivity index (χ3v) is 4.77. The molecule has 20 heavy (non-hydrogen) atoms. The molecular formula is C14H16N3O2S. The minimum absolute atomic E-state index is 0.0664. The fourth-order valence-corrected chi connectivity index (χ4v) is 3.55. The molecule has 1 aliphatic rings. The maximum absolute atomic E-state index is 11.2. The normalized spacial score (nSPS) is 22.9. The number of thiophene rings is 1. The highest BCUT2D eigenvalue weighted by Crippen LogP contribution is 2.37. The van der Waals surface area contributed by atoms with Crippen LogP contribution < -0.4 is 5.32 Å². The number of nitro groups is 1. The van der Waals surface area contributed by atoms with Gasteiger partial charge in [0.25, 0.3) is 0 Å². The zero-order valence-corrected chi connectivity index (χ0v) is 11.9. The molecule has 0 bridgehead atoms. The minimum Gasteiger partial charge on any atom is -0.375 e. The van der Waals surface area contributed by atoms with Gasteiger partial charge in [-0.1, -0.05) is 6.92 Å². The van der Waals surface area contributed by atoms with Crippen LogP contribution in [0.1, 0.15) is 25.7 Å². The SMILES string of the molecule is [CH2][C@H]1CC[C@H](Nc2c([N+](=O)[O-])cnc3ccsc23)CC1. The Morgan fingerprint density at radius 2 is 2.15 bits per heavy atom. The Hall–Kier alpha value is -1.69. The van der Waals surface area contributed by atoms with Crippen LogP contribution >= 0.6 is 11.3 Å². The van der Waals surface area contributed by atoms with Crippen molar-refractivity contribution < 1.29 is 4.92 Å². The second kappa shape index (κ2) is 5.36. The molecule has 1 N–H and O–H groups in total. The molecule has 0 atom stereocenters. The van der Waals surface area contributed by atoms with Crippen LogP contribution in [0.3, 0.4) is 0 Å². The van der Waals surface area contributed by atoms with E-state index in [9.17, 15) is 10.1 Å². The van der Waals surface area contributed by atoms with E-state index in [0.717, 1.165) is 35.9 Å². The molecule has 2 aromatic heterocycles. The highest BCUT2D eigenvalue weighted by molar-refractivity contribution is 7.17. The molecule has 5 nitrogen and oxygen atoms in total. The standard InChI is InChI=1S/C14H16N3O2S/c1-9-2-4-10(5-3-9)16-13-12(17(18)19)8-15-11-6-7-20-14(11)13/h6-10H,1-5H2,(H,15,16)/t9-,10-. The average Bonchev–Trinajstić information content (AvgIpc) is 2.90. The summed E-state index contributed by atoms with van der Waals surface area (Å²) < 4.78 is 0.871. The van der Waals surface area contributed by atoms with Gasteiger partial charge in [0.15, 0.2) is 0 Å². The van der Waals surface area contributed by atoms with Crippen LogP contribution in [0.2, 0.25) is 0 Å². The summed E-state index contributed by atoms with van der Waals surface area (Å²) in [5.74, 6) is 0.516. The Kier molecular flexibility index (Phi) is 3.56. The van der Waals surface area contributed by atoms with Gasteiger partial charge in [0.05, 0.1) is 15.1 Å². The quantitative estimate of drug-likeness (QED) is 0.685. The molecular weight excluding hydrogens is 274 g/mol. The molecule has 0 aliphatic heterocycles. The molecule has 1 fully saturated rings. The number of hydrogen-bond donors (Lipinski definition) is 1. The molecule has 6 heteroatoms. The van der Waals surface area contributed by atoms with Crippen LogP contribution in [0, 0.1) is 23.0 Å². The number of hydrogen-bond acceptors (Lipinski definition) is 5. The highest BCUT2D eigenvalue weighted by atomic mass is 32.1. The Balaban J connectivity index is 1.94. The lowest BCUT2D eigenvalue weighted by Crippen LogP contribution is -2.25. The summed E-state index contributed by atoms with van der Waals surface area (Å²) in [5, 5.41) is 16.5. The molecule has 0 aromatic carbocycles. The van der Waals surface area contributed by atoms with Gasteiger partial charge < -0.3 is 5.32 Å². The molecule has 0 spiro atoms. The van der Waals surface area contributed by atoms with Gasteiger partial charge >= 0.3 is 5.69 Å². The smallest absolute Gasteiger partial charge is 0.311 e. The van der Waals surface area contributed by atoms with Crippen molar-refractivity contribution in [2.24, 2.45) is 5.92 Å². The van der Waals surface area contributed by atoms with Crippen molar-refractivity contribution in [3.8, 4) is 0 Å². The third-order valence-electron chi connectivity index (χ3n) is 3.85. The van der Waals surface area contributed by atoms with Gasteiger partial charge in [-0.25, -0.2) is 4.98 Å². The van der Waals surface area contributed by atoms with Gasteiger partial charge in [0, 0.05) is 6.04 Å². The van der Waals surface area contributed by atoms with Crippen LogP contribution in [0.25, 0.3) is 10.2 Å². The van der Waals surface area contributed by atoms with E-state index in [1.54, 1.807) is 0 Å². The number of nitrogens with zero attached hydrogens (tertiary/aromatic N) is 2. The number of anilines is 1. The van der Waals surface area contributed by atoms with Crippen molar-refractivity contribution in [2.45, 2.75) is 31.7 Å². The van der Waals surface area contributed by atoms with Gasteiger partial charge in [-0.05, 0) is 43.0 Å². The summed E-state index contributed by atoms with van der Waals surface area (Å²) in [6, 6.07) is 2.18. The van der Waals surface area contributed by atoms with Crippen LogP contribution in [-0.4, -0.2) is 15.9 Å². The largest absolute Gasteiger partial charge is 0.375 e. The molecule has 105 valence electrons. The van der Waals surface area contributed by atoms with Crippen molar-refractivity contribution in [1.29, 1.82) is 0 Å². The van der Waals surface area contributed by atoms with E-state index in [-0.39, 0.29) is 10.6 Å². The Morgan fingerprint density at radius 3 is 2.85 bits per heavy atom. The number of fused-ring (bicyclic) bond motifs is 1. The van der Waals surface area contributed by atoms with Gasteiger partial charge in [-0.2, -0.15) is 0 Å². The van der Waals surface area contributed by atoms with Gasteiger partial charge in [0.2, 0.25) is 0 Å². The molecule has 3 rings (SSSR count). The summed E-state index contributed by atoms with van der Waals surface area (Å²) in [7, 11) is 0. The third kappa shape index (κ3) is 2.47. The van der Waals surface area contributed by atoms with E-state index in [0.29, 0.717) is 17.6 Å². The van der Waals surface area contributed by atoms with Crippen LogP contribution in [0.4, 0.5) is 11.4 Å². The Labute approximate surface area is 121 Å². The van der Waals surface area contributed by atoms with E-state index in [2.05, 4.69) is 17.2 Å². The fourth-order valence-electron chi connectivity index (χ4n) is 2.69. The molecule has 1 saturated carbocycles. The van der Waals surface area contributed by atoms with Crippen molar-refractivity contribution in [1.82, 2.24) is 4.98 Å². The van der Waals surface area contributed by atoms with Crippen molar-refractivity contribution in [3.63, 3.8) is 0 Å². The fraction of sp³-hybridized carbons (Fsp3) is 0.429. The minimum atomic E-state index is -0.360. The van der Waals surface area contributed by atoms with E-state index < -0.39 is 0 Å². The number of aromatic nitrogens is 1. The van der Waals surface area contributed by atoms with E-state index >= 15 is 0 Å². The Morgan fingerprint density at radius 1 is 1.40 bits per heavy atom. The first-order chi connectivity index (χ1) is 9.65. The average molecular weight is 290 g/mol.